The first-order chi connectivity index (χ1) is 29.4. The quantitative estimate of drug-likeness (QED) is 0.147. The van der Waals surface area contributed by atoms with Crippen molar-refractivity contribution >= 4 is 0 Å². The highest BCUT2D eigenvalue weighted by Crippen LogP contribution is 2.28. The molecule has 0 spiro atoms. The monoisotopic (exact) mass is 776 g/mol. The van der Waals surface area contributed by atoms with Gasteiger partial charge in [0.2, 0.25) is 0 Å². The van der Waals surface area contributed by atoms with Gasteiger partial charge >= 0.3 is 0 Å². The Kier molecular flexibility index (Phi) is 12.0. The van der Waals surface area contributed by atoms with E-state index in [0.29, 0.717) is 56.9 Å². The molecule has 10 heteroatoms. The predicted molar refractivity (Wildman–Crippen MR) is 229 cm³/mol. The van der Waals surface area contributed by atoms with Crippen molar-refractivity contribution < 1.29 is 0 Å². The minimum Gasteiger partial charge on any atom is -0.283 e. The smallest absolute Gasteiger partial charge is 0.263 e. The second kappa shape index (κ2) is 18.3. The summed E-state index contributed by atoms with van der Waals surface area (Å²) in [4.78, 5) is 35.8. The van der Waals surface area contributed by atoms with Gasteiger partial charge in [-0.25, -0.2) is 0 Å². The Morgan fingerprint density at radius 1 is 0.483 bits per heavy atom. The van der Waals surface area contributed by atoms with Crippen LogP contribution in [0.4, 0.5) is 0 Å². The molecule has 0 amide bonds. The molecule has 284 valence electrons. The number of para-hydroxylation sites is 1. The molecule has 4 aromatic heterocycles. The van der Waals surface area contributed by atoms with Crippen LogP contribution in [0.15, 0.2) is 180 Å². The third kappa shape index (κ3) is 8.41. The van der Waals surface area contributed by atoms with Crippen molar-refractivity contribution in [2.24, 2.45) is 0 Å². The lowest BCUT2D eigenvalue weighted by atomic mass is 9.99. The van der Waals surface area contributed by atoms with Crippen molar-refractivity contribution in [1.29, 1.82) is 21.0 Å². The van der Waals surface area contributed by atoms with Gasteiger partial charge in [-0.2, -0.15) is 21.0 Å². The van der Waals surface area contributed by atoms with Crippen LogP contribution in [0.5, 0.6) is 0 Å². The Balaban J connectivity index is 0.000000181. The van der Waals surface area contributed by atoms with E-state index in [1.807, 2.05) is 91.0 Å². The minimum absolute atomic E-state index is 0.181. The number of hydrogen-bond donors (Lipinski definition) is 0. The van der Waals surface area contributed by atoms with Gasteiger partial charge in [-0.05, 0) is 77.9 Å². The van der Waals surface area contributed by atoms with Crippen molar-refractivity contribution in [1.82, 2.24) is 19.1 Å². The maximum absolute atomic E-state index is 13.5. The highest BCUT2D eigenvalue weighted by Gasteiger charge is 2.17. The van der Waals surface area contributed by atoms with Crippen molar-refractivity contribution in [3.63, 3.8) is 0 Å². The average Bonchev–Trinajstić information content (AvgIpc) is 3.31. The molecule has 0 unspecified atom stereocenters. The van der Waals surface area contributed by atoms with Gasteiger partial charge in [0, 0.05) is 63.9 Å². The fraction of sp³-hybridized carbons (Fsp3) is 0.0400. The molecule has 10 nitrogen and oxygen atoms in total. The molecule has 0 atom stereocenters. The van der Waals surface area contributed by atoms with Crippen molar-refractivity contribution in [2.75, 3.05) is 0 Å². The van der Waals surface area contributed by atoms with Gasteiger partial charge in [0.25, 0.3) is 11.1 Å². The predicted octanol–water partition coefficient (Wildman–Crippen LogP) is 9.01. The molecule has 4 heterocycles. The Bertz CT molecular complexity index is 3130. The summed E-state index contributed by atoms with van der Waals surface area (Å²) in [7, 11) is 0. The van der Waals surface area contributed by atoms with Crippen LogP contribution in [0.3, 0.4) is 0 Å². The second-order valence-electron chi connectivity index (χ2n) is 13.3. The van der Waals surface area contributed by atoms with E-state index in [2.05, 4.69) is 34.2 Å². The molecule has 8 aromatic rings. The molecule has 60 heavy (non-hydrogen) atoms. The number of pyridine rings is 4. The number of nitrogens with zero attached hydrogens (tertiary/aromatic N) is 8. The van der Waals surface area contributed by atoms with E-state index in [4.69, 9.17) is 5.26 Å². The molecule has 0 bridgehead atoms. The molecule has 0 fully saturated rings. The van der Waals surface area contributed by atoms with Crippen LogP contribution in [-0.4, -0.2) is 19.1 Å². The van der Waals surface area contributed by atoms with Crippen LogP contribution < -0.4 is 11.1 Å². The first-order valence-corrected chi connectivity index (χ1v) is 18.7. The first-order valence-electron chi connectivity index (χ1n) is 18.7. The number of hydrogen-bond acceptors (Lipinski definition) is 8. The van der Waals surface area contributed by atoms with E-state index >= 15 is 0 Å². The highest BCUT2D eigenvalue weighted by molar-refractivity contribution is 5.76. The number of aromatic nitrogens is 4. The average molecular weight is 777 g/mol. The Hall–Kier alpha value is -8.96. The number of rotatable bonds is 8. The van der Waals surface area contributed by atoms with Gasteiger partial charge in [0.1, 0.15) is 0 Å². The summed E-state index contributed by atoms with van der Waals surface area (Å²) in [6, 6.07) is 52.0. The topological polar surface area (TPSA) is 165 Å². The Morgan fingerprint density at radius 3 is 1.48 bits per heavy atom. The molecular formula is C50H32N8O2. The van der Waals surface area contributed by atoms with Gasteiger partial charge in [-0.1, -0.05) is 78.9 Å². The van der Waals surface area contributed by atoms with E-state index in [9.17, 15) is 25.4 Å². The maximum Gasteiger partial charge on any atom is 0.263 e. The Morgan fingerprint density at radius 2 is 0.967 bits per heavy atom. The van der Waals surface area contributed by atoms with Crippen molar-refractivity contribution in [3.8, 4) is 80.4 Å². The summed E-state index contributed by atoms with van der Waals surface area (Å²) in [5.74, 6) is 0. The van der Waals surface area contributed by atoms with Gasteiger partial charge in [-0.3, -0.25) is 28.7 Å². The second-order valence-corrected chi connectivity index (χ2v) is 13.3. The summed E-state index contributed by atoms with van der Waals surface area (Å²) in [6.07, 6.45) is 7.37. The van der Waals surface area contributed by atoms with E-state index in [0.717, 1.165) is 27.9 Å². The molecule has 0 aliphatic carbocycles. The summed E-state index contributed by atoms with van der Waals surface area (Å²) < 4.78 is 3.10. The maximum atomic E-state index is 13.5. The normalized spacial score (nSPS) is 10.2. The van der Waals surface area contributed by atoms with E-state index in [-0.39, 0.29) is 17.5 Å². The molecular weight excluding hydrogens is 745 g/mol. The van der Waals surface area contributed by atoms with Gasteiger partial charge < -0.3 is 0 Å². The van der Waals surface area contributed by atoms with Crippen LogP contribution in [0.2, 0.25) is 0 Å². The first kappa shape index (κ1) is 39.3. The van der Waals surface area contributed by atoms with E-state index in [1.54, 1.807) is 88.5 Å². The van der Waals surface area contributed by atoms with E-state index in [1.165, 1.54) is 0 Å². The molecule has 0 aliphatic rings. The number of benzene rings is 4. The Labute approximate surface area is 345 Å². The summed E-state index contributed by atoms with van der Waals surface area (Å²) in [6.45, 7) is 0. The molecule has 0 aliphatic heterocycles. The van der Waals surface area contributed by atoms with Crippen LogP contribution >= 0.6 is 0 Å². The zero-order valence-electron chi connectivity index (χ0n) is 32.0. The van der Waals surface area contributed by atoms with Crippen LogP contribution in [-0.2, 0) is 12.8 Å². The molecule has 0 radical (unpaired) electrons. The van der Waals surface area contributed by atoms with Crippen LogP contribution in [0, 0.1) is 45.3 Å². The lowest BCUT2D eigenvalue weighted by Gasteiger charge is -2.15. The fourth-order valence-electron chi connectivity index (χ4n) is 6.74. The zero-order valence-corrected chi connectivity index (χ0v) is 32.0. The highest BCUT2D eigenvalue weighted by atomic mass is 16.1. The lowest BCUT2D eigenvalue weighted by Crippen LogP contribution is -2.21. The van der Waals surface area contributed by atoms with Gasteiger partial charge in [0.15, 0.2) is 0 Å². The fourth-order valence-corrected chi connectivity index (χ4v) is 6.74. The third-order valence-electron chi connectivity index (χ3n) is 9.65. The summed E-state index contributed by atoms with van der Waals surface area (Å²) >= 11 is 0. The largest absolute Gasteiger partial charge is 0.283 e. The van der Waals surface area contributed by atoms with Crippen LogP contribution in [0.25, 0.3) is 56.1 Å². The summed E-state index contributed by atoms with van der Waals surface area (Å²) in [5.41, 5.74) is 8.22. The molecule has 0 N–H and O–H groups in total. The van der Waals surface area contributed by atoms with E-state index < -0.39 is 0 Å². The van der Waals surface area contributed by atoms with Crippen molar-refractivity contribution in [3.05, 3.63) is 213 Å². The van der Waals surface area contributed by atoms with Gasteiger partial charge in [0.05, 0.1) is 65.3 Å². The molecule has 4 aromatic carbocycles. The SMILES string of the molecule is N#CCc1ccc(-n2cc(-c3ccccn3)cc(-c3ccccc3C#N)c2=O)cc1.N#CCc1ccccc1-n1cc(-c2ccccn2)cc(-c2ccccc2C#N)c1=O. The molecule has 0 saturated carbocycles. The lowest BCUT2D eigenvalue weighted by molar-refractivity contribution is 0.972. The molecule has 0 saturated heterocycles. The zero-order chi connectivity index (χ0) is 41.8. The molecule has 8 rings (SSSR count). The summed E-state index contributed by atoms with van der Waals surface area (Å²) in [5, 5.41) is 37.2. The third-order valence-corrected chi connectivity index (χ3v) is 9.65. The van der Waals surface area contributed by atoms with Gasteiger partial charge in [-0.15, -0.1) is 0 Å². The van der Waals surface area contributed by atoms with Crippen LogP contribution in [0.1, 0.15) is 22.3 Å². The standard InChI is InChI=1S/2C25H16N4O/c26-13-12-18-7-2-4-11-24(18)29-17-20(23-10-5-6-14-28-23)15-22(25(29)30)21-9-3-1-8-19(21)16-27;26-13-12-18-8-10-21(11-9-18)29-17-20(24-7-3-4-14-28-24)15-23(25(29)30)22-6-2-1-5-19(22)16-27/h2*1-11,14-15,17H,12H2. The van der Waals surface area contributed by atoms with Crippen molar-refractivity contribution in [2.45, 2.75) is 12.8 Å². The number of nitriles is 4. The minimum atomic E-state index is -0.261.